The van der Waals surface area contributed by atoms with Crippen LogP contribution in [-0.4, -0.2) is 68.4 Å². The highest BCUT2D eigenvalue weighted by atomic mass is 16.5. The molecule has 0 heterocycles. The van der Waals surface area contributed by atoms with Crippen LogP contribution in [0.5, 0.6) is 0 Å². The highest BCUT2D eigenvalue weighted by Gasteiger charge is 2.28. The van der Waals surface area contributed by atoms with Crippen LogP contribution in [0.4, 0.5) is 4.79 Å². The summed E-state index contributed by atoms with van der Waals surface area (Å²) in [5.74, 6) is -2.30. The topological polar surface area (TPSA) is 146 Å². The van der Waals surface area contributed by atoms with Crippen molar-refractivity contribution in [1.82, 2.24) is 10.6 Å². The van der Waals surface area contributed by atoms with Crippen molar-refractivity contribution in [2.24, 2.45) is 0 Å². The molecule has 0 aromatic carbocycles. The van der Waals surface area contributed by atoms with Crippen molar-refractivity contribution in [3.05, 3.63) is 0 Å². The van der Waals surface area contributed by atoms with E-state index in [1.165, 1.54) is 19.3 Å². The van der Waals surface area contributed by atoms with Crippen molar-refractivity contribution in [1.29, 1.82) is 0 Å². The Morgan fingerprint density at radius 1 is 0.476 bits per heavy atom. The van der Waals surface area contributed by atoms with Gasteiger partial charge in [0.1, 0.15) is 12.1 Å². The number of hydrogen-bond acceptors (Lipinski definition) is 9. The Morgan fingerprint density at radius 2 is 0.833 bits per heavy atom. The van der Waals surface area contributed by atoms with Gasteiger partial charge in [0.2, 0.25) is 0 Å². The van der Waals surface area contributed by atoms with Gasteiger partial charge in [0.05, 0.1) is 26.4 Å². The van der Waals surface area contributed by atoms with Crippen molar-refractivity contribution in [3.8, 4) is 0 Å². The van der Waals surface area contributed by atoms with Crippen molar-refractivity contribution >= 4 is 29.9 Å². The van der Waals surface area contributed by atoms with Gasteiger partial charge in [-0.2, -0.15) is 0 Å². The summed E-state index contributed by atoms with van der Waals surface area (Å²) in [4.78, 5) is 62.6. The number of hydrogen-bond donors (Lipinski definition) is 2. The van der Waals surface area contributed by atoms with Crippen LogP contribution in [-0.2, 0) is 38.1 Å². The standard InChI is InChI=1S/C31H56N2O9/c1-5-9-13-14-15-16-24-40-28(35)20-18-26(30(37)42-23-12-8-4)33-31(38)32-25(29(36)41-22-11-7-3)17-19-27(34)39-21-10-6-2/h25-26H,5-24H2,1-4H3,(H2,32,33,38)/t25-,26-/m0/s1. The Hall–Kier alpha value is -2.85. The first-order chi connectivity index (χ1) is 20.3. The number of carbonyl (C=O) groups excluding carboxylic acids is 5. The summed E-state index contributed by atoms with van der Waals surface area (Å²) in [6, 6.07) is -3.07. The highest BCUT2D eigenvalue weighted by Crippen LogP contribution is 2.08. The van der Waals surface area contributed by atoms with Gasteiger partial charge >= 0.3 is 29.9 Å². The summed E-state index contributed by atoms with van der Waals surface area (Å²) in [6.07, 6.45) is 10.7. The third-order valence-corrected chi connectivity index (χ3v) is 6.46. The molecule has 0 aliphatic rings. The fourth-order valence-corrected chi connectivity index (χ4v) is 3.76. The van der Waals surface area contributed by atoms with E-state index in [4.69, 9.17) is 18.9 Å². The second kappa shape index (κ2) is 27.0. The fourth-order valence-electron chi connectivity index (χ4n) is 3.76. The second-order valence-corrected chi connectivity index (χ2v) is 10.4. The average molecular weight is 601 g/mol. The second-order valence-electron chi connectivity index (χ2n) is 10.4. The summed E-state index contributed by atoms with van der Waals surface area (Å²) >= 11 is 0. The van der Waals surface area contributed by atoms with Gasteiger partial charge in [-0.3, -0.25) is 9.59 Å². The van der Waals surface area contributed by atoms with E-state index in [0.29, 0.717) is 19.4 Å². The van der Waals surface area contributed by atoms with E-state index in [2.05, 4.69) is 17.6 Å². The number of nitrogens with one attached hydrogen (secondary N) is 2. The zero-order valence-corrected chi connectivity index (χ0v) is 26.5. The molecule has 2 N–H and O–H groups in total. The molecule has 0 aromatic heterocycles. The third-order valence-electron chi connectivity index (χ3n) is 6.46. The molecule has 2 atom stereocenters. The molecule has 0 rings (SSSR count). The lowest BCUT2D eigenvalue weighted by molar-refractivity contribution is -0.148. The van der Waals surface area contributed by atoms with Crippen LogP contribution >= 0.6 is 0 Å². The van der Waals surface area contributed by atoms with Crippen LogP contribution in [0.1, 0.15) is 130 Å². The average Bonchev–Trinajstić information content (AvgIpc) is 2.97. The Balaban J connectivity index is 5.09. The molecule has 11 nitrogen and oxygen atoms in total. The van der Waals surface area contributed by atoms with Crippen LogP contribution in [0.25, 0.3) is 0 Å². The molecule has 0 saturated carbocycles. The molecule has 0 aliphatic carbocycles. The molecular weight excluding hydrogens is 544 g/mol. The van der Waals surface area contributed by atoms with E-state index in [9.17, 15) is 24.0 Å². The molecule has 0 bridgehead atoms. The molecule has 0 saturated heterocycles. The predicted molar refractivity (Wildman–Crippen MR) is 160 cm³/mol. The summed E-state index contributed by atoms with van der Waals surface area (Å²) in [6.45, 7) is 9.01. The number of urea groups is 1. The van der Waals surface area contributed by atoms with Crippen LogP contribution in [0.3, 0.4) is 0 Å². The Morgan fingerprint density at radius 3 is 1.26 bits per heavy atom. The van der Waals surface area contributed by atoms with E-state index < -0.39 is 42.0 Å². The van der Waals surface area contributed by atoms with E-state index in [-0.39, 0.29) is 45.5 Å². The Labute approximate surface area is 252 Å². The minimum Gasteiger partial charge on any atom is -0.466 e. The molecule has 0 fully saturated rings. The van der Waals surface area contributed by atoms with E-state index in [1.807, 2.05) is 20.8 Å². The van der Waals surface area contributed by atoms with E-state index >= 15 is 0 Å². The lowest BCUT2D eigenvalue weighted by Crippen LogP contribution is -2.52. The quantitative estimate of drug-likeness (QED) is 0.0744. The first kappa shape index (κ1) is 39.1. The number of rotatable bonds is 26. The van der Waals surface area contributed by atoms with Crippen molar-refractivity contribution in [2.75, 3.05) is 26.4 Å². The van der Waals surface area contributed by atoms with Crippen LogP contribution in [0, 0.1) is 0 Å². The van der Waals surface area contributed by atoms with Gasteiger partial charge in [-0.25, -0.2) is 14.4 Å². The molecule has 11 heteroatoms. The monoisotopic (exact) mass is 600 g/mol. The smallest absolute Gasteiger partial charge is 0.328 e. The van der Waals surface area contributed by atoms with Gasteiger partial charge in [-0.05, 0) is 38.5 Å². The Kier molecular flexibility index (Phi) is 25.2. The lowest BCUT2D eigenvalue weighted by Gasteiger charge is -2.21. The number of unbranched alkanes of at least 4 members (excludes halogenated alkanes) is 8. The highest BCUT2D eigenvalue weighted by molar-refractivity contribution is 5.87. The molecule has 0 aromatic rings. The number of carbonyl (C=O) groups is 5. The summed E-state index contributed by atoms with van der Waals surface area (Å²) in [5.41, 5.74) is 0. The maximum Gasteiger partial charge on any atom is 0.328 e. The van der Waals surface area contributed by atoms with Gasteiger partial charge in [0.15, 0.2) is 0 Å². The zero-order valence-electron chi connectivity index (χ0n) is 26.5. The normalized spacial score (nSPS) is 12.1. The fraction of sp³-hybridized carbons (Fsp3) is 0.839. The third kappa shape index (κ3) is 21.8. The SMILES string of the molecule is CCCCCCCCOC(=O)CC[C@H](NC(=O)N[C@@H](CCC(=O)OCCCC)C(=O)OCCCC)C(=O)OCCCC. The molecular formula is C31H56N2O9. The molecule has 0 radical (unpaired) electrons. The molecule has 0 spiro atoms. The molecule has 0 aliphatic heterocycles. The summed E-state index contributed by atoms with van der Waals surface area (Å²) in [5, 5.41) is 5.03. The largest absolute Gasteiger partial charge is 0.466 e. The maximum absolute atomic E-state index is 12.9. The first-order valence-electron chi connectivity index (χ1n) is 16.0. The van der Waals surface area contributed by atoms with Crippen LogP contribution in [0.2, 0.25) is 0 Å². The minimum atomic E-state index is -1.13. The lowest BCUT2D eigenvalue weighted by atomic mass is 10.1. The van der Waals surface area contributed by atoms with Crippen molar-refractivity contribution in [2.45, 2.75) is 143 Å². The summed E-state index contributed by atoms with van der Waals surface area (Å²) < 4.78 is 21.0. The van der Waals surface area contributed by atoms with Gasteiger partial charge in [-0.15, -0.1) is 0 Å². The van der Waals surface area contributed by atoms with E-state index in [0.717, 1.165) is 44.9 Å². The number of amides is 2. The molecule has 42 heavy (non-hydrogen) atoms. The van der Waals surface area contributed by atoms with E-state index in [1.54, 1.807) is 0 Å². The summed E-state index contributed by atoms with van der Waals surface area (Å²) in [7, 11) is 0. The number of ether oxygens (including phenoxy) is 4. The van der Waals surface area contributed by atoms with Gasteiger partial charge in [0.25, 0.3) is 0 Å². The maximum atomic E-state index is 12.9. The molecule has 2 amide bonds. The van der Waals surface area contributed by atoms with Gasteiger partial charge < -0.3 is 29.6 Å². The van der Waals surface area contributed by atoms with Crippen molar-refractivity contribution < 1.29 is 42.9 Å². The Bertz CT molecular complexity index is 761. The van der Waals surface area contributed by atoms with Gasteiger partial charge in [0, 0.05) is 12.8 Å². The zero-order chi connectivity index (χ0) is 31.4. The minimum absolute atomic E-state index is 0.0247. The van der Waals surface area contributed by atoms with Crippen molar-refractivity contribution in [3.63, 3.8) is 0 Å². The predicted octanol–water partition coefficient (Wildman–Crippen LogP) is 5.52. The van der Waals surface area contributed by atoms with Gasteiger partial charge in [-0.1, -0.05) is 79.1 Å². The van der Waals surface area contributed by atoms with Crippen LogP contribution < -0.4 is 10.6 Å². The molecule has 0 unspecified atom stereocenters. The molecule has 244 valence electrons. The first-order valence-corrected chi connectivity index (χ1v) is 16.0. The number of esters is 4. The van der Waals surface area contributed by atoms with Crippen LogP contribution in [0.15, 0.2) is 0 Å².